The van der Waals surface area contributed by atoms with Crippen molar-refractivity contribution in [3.63, 3.8) is 0 Å². The molecular formula is C15H15N3O6. The fraction of sp³-hybridized carbons (Fsp3) is 0.267. The Labute approximate surface area is 136 Å². The van der Waals surface area contributed by atoms with E-state index < -0.39 is 18.0 Å². The van der Waals surface area contributed by atoms with Gasteiger partial charge in [0.1, 0.15) is 5.70 Å². The molecule has 0 saturated heterocycles. The Kier molecular flexibility index (Phi) is 4.23. The van der Waals surface area contributed by atoms with Gasteiger partial charge in [0.25, 0.3) is 5.91 Å². The number of hydrogen-bond donors (Lipinski definition) is 3. The number of carbonyl (C=O) groups is 3. The first-order valence-corrected chi connectivity index (χ1v) is 7.19. The summed E-state index contributed by atoms with van der Waals surface area (Å²) in [5.41, 5.74) is 5.29. The maximum atomic E-state index is 12.1. The van der Waals surface area contributed by atoms with Gasteiger partial charge in [-0.05, 0) is 25.1 Å². The van der Waals surface area contributed by atoms with Crippen molar-refractivity contribution < 1.29 is 28.6 Å². The van der Waals surface area contributed by atoms with Crippen LogP contribution in [0.15, 0.2) is 30.0 Å². The van der Waals surface area contributed by atoms with Crippen molar-refractivity contribution in [1.29, 1.82) is 0 Å². The van der Waals surface area contributed by atoms with Crippen molar-refractivity contribution in [1.82, 2.24) is 10.9 Å². The molecule has 9 nitrogen and oxygen atoms in total. The standard InChI is InChI=1S/C15H15N3O6/c1-8(24-15(21)10-3-5-13(19)18-17-10)14(20)16-9-2-4-11-12(6-9)23-7-22-11/h2-4,6,8,17H,5,7H2,1H3,(H,16,20)(H,18,19)/t8-/m0/s1. The Morgan fingerprint density at radius 2 is 2.04 bits per heavy atom. The zero-order valence-corrected chi connectivity index (χ0v) is 12.8. The molecule has 0 unspecified atom stereocenters. The minimum Gasteiger partial charge on any atom is -0.454 e. The molecule has 9 heteroatoms. The van der Waals surface area contributed by atoms with Gasteiger partial charge in [0.15, 0.2) is 17.6 Å². The van der Waals surface area contributed by atoms with Crippen LogP contribution in [0.25, 0.3) is 0 Å². The highest BCUT2D eigenvalue weighted by Gasteiger charge is 2.23. The predicted molar refractivity (Wildman–Crippen MR) is 80.7 cm³/mol. The molecule has 0 aromatic heterocycles. The lowest BCUT2D eigenvalue weighted by Crippen LogP contribution is -2.43. The number of esters is 1. The fourth-order valence-electron chi connectivity index (χ4n) is 2.06. The number of rotatable bonds is 4. The first-order chi connectivity index (χ1) is 11.5. The molecule has 0 saturated carbocycles. The molecule has 24 heavy (non-hydrogen) atoms. The SMILES string of the molecule is C[C@H](OC(=O)C1=CCC(=O)NN1)C(=O)Nc1ccc2c(c1)OCO2. The molecule has 3 N–H and O–H groups in total. The van der Waals surface area contributed by atoms with Gasteiger partial charge in [-0.3, -0.25) is 20.4 Å². The van der Waals surface area contributed by atoms with E-state index in [-0.39, 0.29) is 24.8 Å². The molecule has 2 aliphatic heterocycles. The highest BCUT2D eigenvalue weighted by atomic mass is 16.7. The summed E-state index contributed by atoms with van der Waals surface area (Å²) < 4.78 is 15.5. The normalized spacial score (nSPS) is 16.4. The lowest BCUT2D eigenvalue weighted by atomic mass is 10.2. The van der Waals surface area contributed by atoms with E-state index in [1.807, 2.05) is 0 Å². The van der Waals surface area contributed by atoms with Crippen LogP contribution in [-0.2, 0) is 19.1 Å². The van der Waals surface area contributed by atoms with E-state index in [1.54, 1.807) is 18.2 Å². The van der Waals surface area contributed by atoms with Gasteiger partial charge in [0, 0.05) is 18.2 Å². The smallest absolute Gasteiger partial charge is 0.356 e. The molecule has 1 aromatic carbocycles. The van der Waals surface area contributed by atoms with Crippen LogP contribution < -0.4 is 25.6 Å². The van der Waals surface area contributed by atoms with E-state index in [4.69, 9.17) is 14.2 Å². The summed E-state index contributed by atoms with van der Waals surface area (Å²) in [7, 11) is 0. The summed E-state index contributed by atoms with van der Waals surface area (Å²) in [5.74, 6) is -0.360. The number of hydrazine groups is 1. The van der Waals surface area contributed by atoms with E-state index in [0.717, 1.165) is 0 Å². The van der Waals surface area contributed by atoms with Crippen LogP contribution in [0, 0.1) is 0 Å². The number of hydrogen-bond acceptors (Lipinski definition) is 7. The maximum absolute atomic E-state index is 12.1. The zero-order valence-electron chi connectivity index (χ0n) is 12.8. The van der Waals surface area contributed by atoms with E-state index in [1.165, 1.54) is 13.0 Å². The van der Waals surface area contributed by atoms with Gasteiger partial charge >= 0.3 is 5.97 Å². The molecule has 1 aromatic rings. The third-order valence-electron chi connectivity index (χ3n) is 3.34. The summed E-state index contributed by atoms with van der Waals surface area (Å²) in [6.45, 7) is 1.58. The fourth-order valence-corrected chi connectivity index (χ4v) is 2.06. The van der Waals surface area contributed by atoms with E-state index in [0.29, 0.717) is 17.2 Å². The summed E-state index contributed by atoms with van der Waals surface area (Å²) in [6, 6.07) is 4.95. The van der Waals surface area contributed by atoms with Gasteiger partial charge in [0.05, 0.1) is 0 Å². The number of amides is 2. The van der Waals surface area contributed by atoms with Crippen LogP contribution in [0.3, 0.4) is 0 Å². The van der Waals surface area contributed by atoms with Crippen molar-refractivity contribution >= 4 is 23.5 Å². The summed E-state index contributed by atoms with van der Waals surface area (Å²) >= 11 is 0. The van der Waals surface area contributed by atoms with Gasteiger partial charge in [-0.1, -0.05) is 0 Å². The lowest BCUT2D eigenvalue weighted by molar-refractivity contribution is -0.149. The number of benzene rings is 1. The van der Waals surface area contributed by atoms with Gasteiger partial charge in [0.2, 0.25) is 12.7 Å². The molecule has 2 amide bonds. The molecule has 0 spiro atoms. The van der Waals surface area contributed by atoms with Crippen molar-refractivity contribution in [3.05, 3.63) is 30.0 Å². The third kappa shape index (κ3) is 3.40. The molecule has 2 aliphatic rings. The lowest BCUT2D eigenvalue weighted by Gasteiger charge is -2.18. The Hall–Kier alpha value is -3.23. The van der Waals surface area contributed by atoms with Crippen LogP contribution in [0.2, 0.25) is 0 Å². The molecule has 0 fully saturated rings. The molecule has 0 radical (unpaired) electrons. The zero-order chi connectivity index (χ0) is 17.1. The maximum Gasteiger partial charge on any atom is 0.356 e. The quantitative estimate of drug-likeness (QED) is 0.674. The van der Waals surface area contributed by atoms with Crippen molar-refractivity contribution in [2.24, 2.45) is 0 Å². The summed E-state index contributed by atoms with van der Waals surface area (Å²) in [5, 5.41) is 2.63. The van der Waals surface area contributed by atoms with Crippen molar-refractivity contribution in [3.8, 4) is 11.5 Å². The first-order valence-electron chi connectivity index (χ1n) is 7.19. The molecule has 3 rings (SSSR count). The Morgan fingerprint density at radius 3 is 2.79 bits per heavy atom. The molecule has 1 atom stereocenters. The van der Waals surface area contributed by atoms with Crippen LogP contribution >= 0.6 is 0 Å². The number of anilines is 1. The molecule has 0 aliphatic carbocycles. The summed E-state index contributed by atoms with van der Waals surface area (Å²) in [4.78, 5) is 35.0. The Balaban J connectivity index is 1.57. The second kappa shape index (κ2) is 6.49. The summed E-state index contributed by atoms with van der Waals surface area (Å²) in [6.07, 6.45) is 0.432. The third-order valence-corrected chi connectivity index (χ3v) is 3.34. The number of nitrogens with one attached hydrogen (secondary N) is 3. The van der Waals surface area contributed by atoms with Gasteiger partial charge in [-0.25, -0.2) is 4.79 Å². The molecule has 126 valence electrons. The molecule has 0 bridgehead atoms. The highest BCUT2D eigenvalue weighted by Crippen LogP contribution is 2.34. The number of carbonyl (C=O) groups excluding carboxylic acids is 3. The van der Waals surface area contributed by atoms with Crippen LogP contribution in [0.5, 0.6) is 11.5 Å². The van der Waals surface area contributed by atoms with Gasteiger partial charge < -0.3 is 19.5 Å². The van der Waals surface area contributed by atoms with Crippen LogP contribution in [-0.4, -0.2) is 30.7 Å². The Bertz CT molecular complexity index is 730. The van der Waals surface area contributed by atoms with E-state index >= 15 is 0 Å². The van der Waals surface area contributed by atoms with Gasteiger partial charge in [-0.15, -0.1) is 0 Å². The second-order valence-electron chi connectivity index (χ2n) is 5.10. The van der Waals surface area contributed by atoms with E-state index in [2.05, 4.69) is 16.2 Å². The van der Waals surface area contributed by atoms with Crippen molar-refractivity contribution in [2.45, 2.75) is 19.4 Å². The topological polar surface area (TPSA) is 115 Å². The van der Waals surface area contributed by atoms with Crippen LogP contribution in [0.4, 0.5) is 5.69 Å². The average molecular weight is 333 g/mol. The van der Waals surface area contributed by atoms with E-state index in [9.17, 15) is 14.4 Å². The molecular weight excluding hydrogens is 318 g/mol. The second-order valence-corrected chi connectivity index (χ2v) is 5.10. The number of ether oxygens (including phenoxy) is 3. The minimum absolute atomic E-state index is 0.0647. The average Bonchev–Trinajstić information content (AvgIpc) is 3.03. The highest BCUT2D eigenvalue weighted by molar-refractivity contribution is 5.97. The minimum atomic E-state index is -1.02. The largest absolute Gasteiger partial charge is 0.454 e. The van der Waals surface area contributed by atoms with Crippen molar-refractivity contribution in [2.75, 3.05) is 12.1 Å². The monoisotopic (exact) mass is 333 g/mol. The van der Waals surface area contributed by atoms with Crippen LogP contribution in [0.1, 0.15) is 13.3 Å². The van der Waals surface area contributed by atoms with Gasteiger partial charge in [-0.2, -0.15) is 0 Å². The first kappa shape index (κ1) is 15.7. The Morgan fingerprint density at radius 1 is 1.25 bits per heavy atom. The predicted octanol–water partition coefficient (Wildman–Crippen LogP) is 0.194. The number of fused-ring (bicyclic) bond motifs is 1. The molecule has 2 heterocycles.